The van der Waals surface area contributed by atoms with Crippen LogP contribution in [0, 0.1) is 18.8 Å². The highest BCUT2D eigenvalue weighted by Gasteiger charge is 2.46. The van der Waals surface area contributed by atoms with Crippen molar-refractivity contribution in [3.63, 3.8) is 0 Å². The Labute approximate surface area is 181 Å². The van der Waals surface area contributed by atoms with Crippen LogP contribution in [0.1, 0.15) is 11.1 Å². The van der Waals surface area contributed by atoms with Crippen molar-refractivity contribution < 1.29 is 19.4 Å². The molecule has 0 unspecified atom stereocenters. The van der Waals surface area contributed by atoms with Crippen molar-refractivity contribution in [3.8, 4) is 23.5 Å². The third kappa shape index (κ3) is 2.99. The number of hydrogen-bond acceptors (Lipinski definition) is 6. The number of hydrogen-bond donors (Lipinski definition) is 4. The summed E-state index contributed by atoms with van der Waals surface area (Å²) in [6.07, 6.45) is 4.80. The van der Waals surface area contributed by atoms with E-state index < -0.39 is 17.5 Å². The van der Waals surface area contributed by atoms with Gasteiger partial charge >= 0.3 is 6.03 Å². The molecule has 0 spiro atoms. The molecule has 4 heterocycles. The summed E-state index contributed by atoms with van der Waals surface area (Å²) in [7, 11) is 1.54. The molecule has 3 aromatic heterocycles. The van der Waals surface area contributed by atoms with Gasteiger partial charge in [-0.2, -0.15) is 0 Å². The number of imide groups is 1. The van der Waals surface area contributed by atoms with Crippen LogP contribution in [0.5, 0.6) is 11.6 Å². The molecule has 1 aromatic carbocycles. The zero-order valence-electron chi connectivity index (χ0n) is 17.2. The smallest absolute Gasteiger partial charge is 0.323 e. The molecule has 1 saturated heterocycles. The summed E-state index contributed by atoms with van der Waals surface area (Å²) in [6.45, 7) is 1.77. The number of aryl methyl sites for hydroxylation is 1. The summed E-state index contributed by atoms with van der Waals surface area (Å²) in [5, 5.41) is 16.9. The number of nitrogens with one attached hydrogen (secondary N) is 3. The highest BCUT2D eigenvalue weighted by Crippen LogP contribution is 2.32. The van der Waals surface area contributed by atoms with E-state index in [-0.39, 0.29) is 12.4 Å². The topological polar surface area (TPSA) is 134 Å². The maximum absolute atomic E-state index is 12.8. The van der Waals surface area contributed by atoms with Crippen molar-refractivity contribution in [2.24, 2.45) is 0 Å². The molecule has 5 rings (SSSR count). The quantitative estimate of drug-likeness (QED) is 0.288. The first-order chi connectivity index (χ1) is 15.4. The van der Waals surface area contributed by atoms with Crippen molar-refractivity contribution >= 4 is 33.9 Å². The number of carbonyl (C=O) groups excluding carboxylic acids is 2. The van der Waals surface area contributed by atoms with Gasteiger partial charge in [0, 0.05) is 28.7 Å². The number of benzene rings is 1. The van der Waals surface area contributed by atoms with Gasteiger partial charge in [-0.25, -0.2) is 14.8 Å². The second kappa shape index (κ2) is 7.02. The Balaban J connectivity index is 1.58. The Kier molecular flexibility index (Phi) is 4.27. The van der Waals surface area contributed by atoms with E-state index >= 15 is 0 Å². The number of pyridine rings is 1. The number of nitrogens with zero attached hydrogens (tertiary/aromatic N) is 3. The third-order valence-corrected chi connectivity index (χ3v) is 5.54. The maximum atomic E-state index is 12.8. The van der Waals surface area contributed by atoms with Gasteiger partial charge in [-0.15, -0.1) is 0 Å². The average molecular weight is 430 g/mol. The van der Waals surface area contributed by atoms with Gasteiger partial charge in [0.1, 0.15) is 5.75 Å². The molecule has 10 heteroatoms. The lowest BCUT2D eigenvalue weighted by Gasteiger charge is -2.20. The van der Waals surface area contributed by atoms with E-state index in [1.165, 1.54) is 11.7 Å². The van der Waals surface area contributed by atoms with Gasteiger partial charge in [-0.1, -0.05) is 11.8 Å². The number of methoxy groups -OCH3 is 1. The molecule has 4 aromatic rings. The van der Waals surface area contributed by atoms with Crippen LogP contribution in [0.25, 0.3) is 21.9 Å². The molecular formula is C22H18N6O4. The van der Waals surface area contributed by atoms with E-state index in [0.717, 1.165) is 16.5 Å². The number of H-pyrrole nitrogens is 1. The number of carbonyl (C=O) groups is 2. The molecule has 10 nitrogen and oxygen atoms in total. The molecule has 0 radical (unpaired) electrons. The molecule has 32 heavy (non-hydrogen) atoms. The Morgan fingerprint density at radius 2 is 2.12 bits per heavy atom. The van der Waals surface area contributed by atoms with Gasteiger partial charge in [-0.05, 0) is 30.7 Å². The van der Waals surface area contributed by atoms with Crippen LogP contribution >= 0.6 is 0 Å². The van der Waals surface area contributed by atoms with Gasteiger partial charge in [0.2, 0.25) is 5.54 Å². The molecule has 160 valence electrons. The second-order valence-electron chi connectivity index (χ2n) is 7.50. The molecule has 0 aliphatic carbocycles. The fourth-order valence-electron chi connectivity index (χ4n) is 3.78. The first-order valence-corrected chi connectivity index (χ1v) is 9.71. The second-order valence-corrected chi connectivity index (χ2v) is 7.50. The summed E-state index contributed by atoms with van der Waals surface area (Å²) >= 11 is 0. The summed E-state index contributed by atoms with van der Waals surface area (Å²) < 4.78 is 6.70. The van der Waals surface area contributed by atoms with E-state index in [1.807, 2.05) is 6.92 Å². The first-order valence-electron chi connectivity index (χ1n) is 9.71. The van der Waals surface area contributed by atoms with E-state index in [0.29, 0.717) is 22.3 Å². The van der Waals surface area contributed by atoms with E-state index in [2.05, 4.69) is 37.4 Å². The van der Waals surface area contributed by atoms with Crippen LogP contribution in [-0.4, -0.2) is 49.2 Å². The van der Waals surface area contributed by atoms with Crippen LogP contribution in [0.15, 0.2) is 36.9 Å². The maximum Gasteiger partial charge on any atom is 0.323 e. The minimum atomic E-state index is -1.58. The molecule has 0 bridgehead atoms. The van der Waals surface area contributed by atoms with Gasteiger partial charge in [0.15, 0.2) is 11.5 Å². The van der Waals surface area contributed by atoms with Crippen molar-refractivity contribution in [1.82, 2.24) is 30.2 Å². The van der Waals surface area contributed by atoms with Crippen molar-refractivity contribution in [2.45, 2.75) is 19.0 Å². The minimum Gasteiger partial charge on any atom is -0.497 e. The summed E-state index contributed by atoms with van der Waals surface area (Å²) in [5.41, 5.74) is 1.13. The number of aromatic hydroxyl groups is 1. The van der Waals surface area contributed by atoms with Crippen LogP contribution < -0.4 is 15.4 Å². The molecule has 1 aliphatic rings. The number of aromatic amines is 1. The molecule has 1 aliphatic heterocycles. The predicted octanol–water partition coefficient (Wildman–Crippen LogP) is 1.57. The predicted molar refractivity (Wildman–Crippen MR) is 115 cm³/mol. The molecular weight excluding hydrogens is 412 g/mol. The number of rotatable bonds is 3. The number of urea groups is 1. The third-order valence-electron chi connectivity index (χ3n) is 5.54. The minimum absolute atomic E-state index is 0.0641. The summed E-state index contributed by atoms with van der Waals surface area (Å²) in [6, 6.07) is 4.61. The van der Waals surface area contributed by atoms with Crippen LogP contribution in [0.4, 0.5) is 4.79 Å². The Morgan fingerprint density at radius 3 is 2.88 bits per heavy atom. The lowest BCUT2D eigenvalue weighted by atomic mass is 9.99. The fraction of sp³-hybridized carbons (Fsp3) is 0.182. The summed E-state index contributed by atoms with van der Waals surface area (Å²) in [5.74, 6) is 5.80. The fourth-order valence-corrected chi connectivity index (χ4v) is 3.78. The Bertz CT molecular complexity index is 1470. The van der Waals surface area contributed by atoms with Crippen molar-refractivity contribution in [1.29, 1.82) is 0 Å². The highest BCUT2D eigenvalue weighted by molar-refractivity contribution is 6.09. The van der Waals surface area contributed by atoms with E-state index in [4.69, 9.17) is 4.74 Å². The Morgan fingerprint density at radius 1 is 1.28 bits per heavy atom. The summed E-state index contributed by atoms with van der Waals surface area (Å²) in [4.78, 5) is 36.2. The van der Waals surface area contributed by atoms with Gasteiger partial charge in [-0.3, -0.25) is 10.1 Å². The molecule has 3 amide bonds. The van der Waals surface area contributed by atoms with E-state index in [9.17, 15) is 14.7 Å². The number of aromatic nitrogens is 4. The number of imidazole rings is 1. The zero-order chi connectivity index (χ0) is 22.5. The monoisotopic (exact) mass is 430 g/mol. The SMILES string of the molecule is COc1ccc2cn(C[C@@]3(C#Cc4cnc5nc[nH]c5c4C)NC(=O)NC3=O)c(O)c2c1. The van der Waals surface area contributed by atoms with Crippen LogP contribution in [0.3, 0.4) is 0 Å². The average Bonchev–Trinajstić information content (AvgIpc) is 3.45. The van der Waals surface area contributed by atoms with E-state index in [1.54, 1.807) is 36.9 Å². The van der Waals surface area contributed by atoms with Gasteiger partial charge in [0.05, 0.1) is 25.5 Å². The first kappa shape index (κ1) is 19.4. The normalized spacial score (nSPS) is 17.8. The largest absolute Gasteiger partial charge is 0.497 e. The lowest BCUT2D eigenvalue weighted by Crippen LogP contribution is -2.49. The van der Waals surface area contributed by atoms with Gasteiger partial charge in [0.25, 0.3) is 5.91 Å². The number of amides is 3. The van der Waals surface area contributed by atoms with Crippen LogP contribution in [0.2, 0.25) is 0 Å². The highest BCUT2D eigenvalue weighted by atomic mass is 16.5. The molecule has 1 atom stereocenters. The number of fused-ring (bicyclic) bond motifs is 2. The Hall–Kier alpha value is -4.52. The molecule has 4 N–H and O–H groups in total. The zero-order valence-corrected chi connectivity index (χ0v) is 17.2. The number of ether oxygens (including phenoxy) is 1. The molecule has 0 saturated carbocycles. The van der Waals surface area contributed by atoms with Gasteiger partial charge < -0.3 is 24.7 Å². The van der Waals surface area contributed by atoms with Crippen LogP contribution in [-0.2, 0) is 11.3 Å². The van der Waals surface area contributed by atoms with Crippen molar-refractivity contribution in [2.75, 3.05) is 7.11 Å². The van der Waals surface area contributed by atoms with Crippen molar-refractivity contribution in [3.05, 3.63) is 48.0 Å². The molecule has 1 fully saturated rings. The lowest BCUT2D eigenvalue weighted by molar-refractivity contribution is -0.122. The standard InChI is InChI=1S/C22H18N6O4/c1-12-13(8-23-18-17(12)24-11-25-18)5-6-22(20(30)26-21(31)27-22)10-28-9-14-3-4-15(32-2)7-16(14)19(28)29/h3-4,7-9,11,29H,10H2,1-2H3,(H,23,24,25)(H2,26,27,30,31)/t22-/m1/s1.